The van der Waals surface area contributed by atoms with Crippen molar-refractivity contribution < 1.29 is 0 Å². The molecule has 0 saturated heterocycles. The Morgan fingerprint density at radius 3 is 1.86 bits per heavy atom. The van der Waals surface area contributed by atoms with Gasteiger partial charge in [0.25, 0.3) is 0 Å². The first-order valence-corrected chi connectivity index (χ1v) is 7.60. The third-order valence-electron chi connectivity index (χ3n) is 3.33. The van der Waals surface area contributed by atoms with Crippen molar-refractivity contribution in [3.05, 3.63) is 54.1 Å². The predicted octanol–water partition coefficient (Wildman–Crippen LogP) is 4.65. The molecule has 3 nitrogen and oxygen atoms in total. The molecule has 2 aromatic rings. The third kappa shape index (κ3) is 5.01. The zero-order valence-electron chi connectivity index (χ0n) is 13.8. The lowest BCUT2D eigenvalue weighted by molar-refractivity contribution is 0.424. The molecule has 3 N–H and O–H groups in total. The van der Waals surface area contributed by atoms with Gasteiger partial charge in [-0.2, -0.15) is 0 Å². The maximum atomic E-state index is 7.44. The summed E-state index contributed by atoms with van der Waals surface area (Å²) >= 11 is 0. The summed E-state index contributed by atoms with van der Waals surface area (Å²) in [4.78, 5) is 0. The number of amidine groups is 1. The molecule has 0 radical (unpaired) electrons. The van der Waals surface area contributed by atoms with E-state index >= 15 is 0 Å². The summed E-state index contributed by atoms with van der Waals surface area (Å²) in [5.41, 5.74) is 4.76. The van der Waals surface area contributed by atoms with Gasteiger partial charge in [0.1, 0.15) is 0 Å². The van der Waals surface area contributed by atoms with Crippen molar-refractivity contribution >= 4 is 11.5 Å². The summed E-state index contributed by atoms with van der Waals surface area (Å²) in [6.07, 6.45) is 0. The molecular weight excluding hydrogens is 270 g/mol. The number of hydrogen-bond acceptors (Lipinski definition) is 2. The van der Waals surface area contributed by atoms with Crippen molar-refractivity contribution in [3.8, 4) is 11.1 Å². The van der Waals surface area contributed by atoms with Crippen molar-refractivity contribution in [2.45, 2.75) is 39.8 Å². The Morgan fingerprint density at radius 2 is 1.41 bits per heavy atom. The second kappa shape index (κ2) is 6.75. The summed E-state index contributed by atoms with van der Waals surface area (Å²) in [7, 11) is 0. The summed E-state index contributed by atoms with van der Waals surface area (Å²) in [6, 6.07) is 16.8. The van der Waals surface area contributed by atoms with E-state index in [-0.39, 0.29) is 5.54 Å². The molecule has 0 saturated carbocycles. The molecule has 0 aliphatic heterocycles. The fourth-order valence-corrected chi connectivity index (χ4v) is 2.14. The molecule has 0 unspecified atom stereocenters. The van der Waals surface area contributed by atoms with Gasteiger partial charge in [0.2, 0.25) is 0 Å². The molecule has 2 aromatic carbocycles. The van der Waals surface area contributed by atoms with E-state index in [4.69, 9.17) is 5.41 Å². The quantitative estimate of drug-likeness (QED) is 0.568. The number of anilines is 1. The highest BCUT2D eigenvalue weighted by molar-refractivity contribution is 5.91. The third-order valence-corrected chi connectivity index (χ3v) is 3.33. The monoisotopic (exact) mass is 295 g/mol. The second-order valence-corrected chi connectivity index (χ2v) is 6.63. The zero-order valence-corrected chi connectivity index (χ0v) is 13.8. The molecule has 0 bridgehead atoms. The van der Waals surface area contributed by atoms with Crippen molar-refractivity contribution in [1.82, 2.24) is 5.32 Å². The standard InChI is InChI=1S/C19H25N3/c1-14(20)22-18-11-9-17(10-12-18)16-7-5-15(6-8-16)13-21-19(2,3)4/h5-12,21H,13H2,1-4H3,(H2,20,22). The van der Waals surface area contributed by atoms with E-state index < -0.39 is 0 Å². The summed E-state index contributed by atoms with van der Waals surface area (Å²) < 4.78 is 0. The summed E-state index contributed by atoms with van der Waals surface area (Å²) in [6.45, 7) is 9.14. The highest BCUT2D eigenvalue weighted by atomic mass is 14.9. The average Bonchev–Trinajstić information content (AvgIpc) is 2.45. The topological polar surface area (TPSA) is 47.9 Å². The van der Waals surface area contributed by atoms with Crippen LogP contribution < -0.4 is 10.6 Å². The van der Waals surface area contributed by atoms with Crippen molar-refractivity contribution in [1.29, 1.82) is 5.41 Å². The van der Waals surface area contributed by atoms with Gasteiger partial charge < -0.3 is 10.6 Å². The lowest BCUT2D eigenvalue weighted by atomic mass is 10.0. The minimum Gasteiger partial charge on any atom is -0.344 e. The molecule has 0 amide bonds. The zero-order chi connectivity index (χ0) is 16.2. The molecule has 0 aromatic heterocycles. The first-order chi connectivity index (χ1) is 10.3. The highest BCUT2D eigenvalue weighted by Gasteiger charge is 2.08. The van der Waals surface area contributed by atoms with Gasteiger partial charge in [-0.25, -0.2) is 0 Å². The summed E-state index contributed by atoms with van der Waals surface area (Å²) in [5.74, 6) is 0.448. The Kier molecular flexibility index (Phi) is 4.99. The average molecular weight is 295 g/mol. The van der Waals surface area contributed by atoms with Crippen LogP contribution in [0.3, 0.4) is 0 Å². The first-order valence-electron chi connectivity index (χ1n) is 7.60. The fraction of sp³-hybridized carbons (Fsp3) is 0.316. The van der Waals surface area contributed by atoms with Crippen LogP contribution >= 0.6 is 0 Å². The maximum absolute atomic E-state index is 7.44. The molecule has 0 aliphatic carbocycles. The maximum Gasteiger partial charge on any atom is 0.0944 e. The van der Waals surface area contributed by atoms with Crippen LogP contribution in [0.1, 0.15) is 33.3 Å². The summed E-state index contributed by atoms with van der Waals surface area (Å²) in [5, 5.41) is 13.9. The minimum absolute atomic E-state index is 0.133. The van der Waals surface area contributed by atoms with Crippen LogP contribution in [0.4, 0.5) is 5.69 Å². The van der Waals surface area contributed by atoms with Crippen molar-refractivity contribution in [3.63, 3.8) is 0 Å². The van der Waals surface area contributed by atoms with Gasteiger partial charge in [-0.1, -0.05) is 36.4 Å². The van der Waals surface area contributed by atoms with Gasteiger partial charge in [-0.3, -0.25) is 5.41 Å². The Bertz CT molecular complexity index is 619. The van der Waals surface area contributed by atoms with Crippen LogP contribution in [0.15, 0.2) is 48.5 Å². The Balaban J connectivity index is 2.05. The normalized spacial score (nSPS) is 11.3. The molecule has 22 heavy (non-hydrogen) atoms. The van der Waals surface area contributed by atoms with E-state index in [9.17, 15) is 0 Å². The molecule has 0 aliphatic rings. The minimum atomic E-state index is 0.133. The predicted molar refractivity (Wildman–Crippen MR) is 95.5 cm³/mol. The van der Waals surface area contributed by atoms with Crippen LogP contribution in [0.25, 0.3) is 11.1 Å². The number of hydrogen-bond donors (Lipinski definition) is 3. The van der Waals surface area contributed by atoms with E-state index in [0.717, 1.165) is 12.2 Å². The van der Waals surface area contributed by atoms with E-state index in [1.165, 1.54) is 16.7 Å². The van der Waals surface area contributed by atoms with Crippen LogP contribution in [-0.2, 0) is 6.54 Å². The van der Waals surface area contributed by atoms with Crippen LogP contribution in [0.5, 0.6) is 0 Å². The van der Waals surface area contributed by atoms with Crippen LogP contribution in [0, 0.1) is 5.41 Å². The number of rotatable bonds is 4. The van der Waals surface area contributed by atoms with Gasteiger partial charge in [0, 0.05) is 17.8 Å². The highest BCUT2D eigenvalue weighted by Crippen LogP contribution is 2.22. The molecule has 0 spiro atoms. The Hall–Kier alpha value is -2.13. The number of benzene rings is 2. The van der Waals surface area contributed by atoms with Gasteiger partial charge in [-0.15, -0.1) is 0 Å². The van der Waals surface area contributed by atoms with Gasteiger partial charge in [0.05, 0.1) is 5.84 Å². The second-order valence-electron chi connectivity index (χ2n) is 6.63. The van der Waals surface area contributed by atoms with E-state index in [0.29, 0.717) is 5.84 Å². The van der Waals surface area contributed by atoms with Crippen molar-refractivity contribution in [2.24, 2.45) is 0 Å². The van der Waals surface area contributed by atoms with Gasteiger partial charge in [0.15, 0.2) is 0 Å². The molecule has 2 rings (SSSR count). The SMILES string of the molecule is CC(=N)Nc1ccc(-c2ccc(CNC(C)(C)C)cc2)cc1. The molecule has 0 heterocycles. The lowest BCUT2D eigenvalue weighted by Crippen LogP contribution is -2.35. The van der Waals surface area contributed by atoms with E-state index in [1.54, 1.807) is 6.92 Å². The largest absolute Gasteiger partial charge is 0.344 e. The fourth-order valence-electron chi connectivity index (χ4n) is 2.14. The van der Waals surface area contributed by atoms with Gasteiger partial charge >= 0.3 is 0 Å². The molecular formula is C19H25N3. The Morgan fingerprint density at radius 1 is 0.909 bits per heavy atom. The van der Waals surface area contributed by atoms with Crippen molar-refractivity contribution in [2.75, 3.05) is 5.32 Å². The van der Waals surface area contributed by atoms with Crippen LogP contribution in [0.2, 0.25) is 0 Å². The van der Waals surface area contributed by atoms with Gasteiger partial charge in [-0.05, 0) is 56.5 Å². The number of nitrogens with one attached hydrogen (secondary N) is 3. The molecule has 0 atom stereocenters. The lowest BCUT2D eigenvalue weighted by Gasteiger charge is -2.20. The Labute approximate surface area is 133 Å². The molecule has 0 fully saturated rings. The molecule has 3 heteroatoms. The van der Waals surface area contributed by atoms with E-state index in [2.05, 4.69) is 67.8 Å². The first kappa shape index (κ1) is 16.2. The van der Waals surface area contributed by atoms with E-state index in [1.807, 2.05) is 12.1 Å². The smallest absolute Gasteiger partial charge is 0.0944 e. The molecule has 116 valence electrons. The van der Waals surface area contributed by atoms with Crippen LogP contribution in [-0.4, -0.2) is 11.4 Å².